The summed E-state index contributed by atoms with van der Waals surface area (Å²) in [4.78, 5) is 9.89. The average molecular weight is 399 g/mol. The molecule has 0 aliphatic rings. The molecule has 23 heavy (non-hydrogen) atoms. The van der Waals surface area contributed by atoms with E-state index in [1.54, 1.807) is 30.5 Å². The predicted molar refractivity (Wildman–Crippen MR) is 97.6 cm³/mol. The first-order valence-corrected chi connectivity index (χ1v) is 8.92. The average Bonchev–Trinajstić information content (AvgIpc) is 2.84. The second-order valence-electron chi connectivity index (χ2n) is 5.09. The van der Waals surface area contributed by atoms with Crippen molar-refractivity contribution in [2.45, 2.75) is 26.8 Å². The van der Waals surface area contributed by atoms with Gasteiger partial charge in [-0.1, -0.05) is 15.9 Å². The summed E-state index contributed by atoms with van der Waals surface area (Å²) in [5, 5.41) is 7.44. The molecule has 0 aliphatic carbocycles. The summed E-state index contributed by atoms with van der Waals surface area (Å²) in [6.45, 7) is 5.30. The number of nitrogens with zero attached hydrogens (tertiary/aromatic N) is 2. The van der Waals surface area contributed by atoms with Crippen LogP contribution in [0.2, 0.25) is 0 Å². The number of aromatic nitrogens is 1. The largest absolute Gasteiger partial charge is 0.356 e. The van der Waals surface area contributed by atoms with Gasteiger partial charge in [0.2, 0.25) is 0 Å². The maximum atomic E-state index is 13.7. The molecule has 0 saturated carbocycles. The molecule has 1 aromatic carbocycles. The summed E-state index contributed by atoms with van der Waals surface area (Å²) in [7, 11) is 1.72. The van der Waals surface area contributed by atoms with Crippen LogP contribution in [-0.2, 0) is 13.0 Å². The highest BCUT2D eigenvalue weighted by Gasteiger charge is 2.06. The molecule has 0 saturated heterocycles. The van der Waals surface area contributed by atoms with Crippen LogP contribution in [0.5, 0.6) is 0 Å². The molecule has 0 fully saturated rings. The number of guanidine groups is 1. The van der Waals surface area contributed by atoms with E-state index in [0.29, 0.717) is 31.0 Å². The molecule has 0 amide bonds. The zero-order valence-corrected chi connectivity index (χ0v) is 15.8. The van der Waals surface area contributed by atoms with Gasteiger partial charge in [-0.3, -0.25) is 4.99 Å². The van der Waals surface area contributed by atoms with Gasteiger partial charge in [-0.25, -0.2) is 9.37 Å². The van der Waals surface area contributed by atoms with Gasteiger partial charge in [-0.2, -0.15) is 0 Å². The lowest BCUT2D eigenvalue weighted by Crippen LogP contribution is -2.37. The van der Waals surface area contributed by atoms with Gasteiger partial charge in [0.05, 0.1) is 12.2 Å². The number of aryl methyl sites for hydroxylation is 2. The van der Waals surface area contributed by atoms with Gasteiger partial charge in [0.1, 0.15) is 10.8 Å². The summed E-state index contributed by atoms with van der Waals surface area (Å²) < 4.78 is 14.6. The van der Waals surface area contributed by atoms with Crippen LogP contribution in [0, 0.1) is 19.7 Å². The molecule has 2 rings (SSSR count). The molecular weight excluding hydrogens is 379 g/mol. The molecule has 0 aliphatic heterocycles. The Labute approximate surface area is 148 Å². The maximum Gasteiger partial charge on any atom is 0.191 e. The number of hydrogen-bond donors (Lipinski definition) is 2. The fourth-order valence-corrected chi connectivity index (χ4v) is 3.33. The van der Waals surface area contributed by atoms with Gasteiger partial charge in [0.15, 0.2) is 5.96 Å². The molecular formula is C16H20BrFN4S. The van der Waals surface area contributed by atoms with Crippen molar-refractivity contribution in [3.8, 4) is 0 Å². The van der Waals surface area contributed by atoms with Gasteiger partial charge in [0.25, 0.3) is 0 Å². The first-order chi connectivity index (χ1) is 11.0. The van der Waals surface area contributed by atoms with Crippen LogP contribution < -0.4 is 10.6 Å². The van der Waals surface area contributed by atoms with Crippen molar-refractivity contribution in [2.75, 3.05) is 13.6 Å². The number of halogens is 2. The van der Waals surface area contributed by atoms with E-state index in [2.05, 4.69) is 43.5 Å². The first-order valence-electron chi connectivity index (χ1n) is 7.31. The van der Waals surface area contributed by atoms with Crippen LogP contribution in [0.25, 0.3) is 0 Å². The van der Waals surface area contributed by atoms with Gasteiger partial charge < -0.3 is 10.6 Å². The fraction of sp³-hybridized carbons (Fsp3) is 0.375. The van der Waals surface area contributed by atoms with Gasteiger partial charge >= 0.3 is 0 Å². The third kappa shape index (κ3) is 5.28. The van der Waals surface area contributed by atoms with Crippen molar-refractivity contribution < 1.29 is 4.39 Å². The highest BCUT2D eigenvalue weighted by atomic mass is 79.9. The van der Waals surface area contributed by atoms with Crippen molar-refractivity contribution in [3.63, 3.8) is 0 Å². The Bertz CT molecular complexity index is 680. The van der Waals surface area contributed by atoms with Crippen molar-refractivity contribution >= 4 is 33.2 Å². The molecule has 0 unspecified atom stereocenters. The number of hydrogen-bond acceptors (Lipinski definition) is 3. The van der Waals surface area contributed by atoms with Crippen LogP contribution in [0.1, 0.15) is 21.1 Å². The summed E-state index contributed by atoms with van der Waals surface area (Å²) in [5.74, 6) is 0.498. The third-order valence-corrected chi connectivity index (χ3v) is 4.96. The Morgan fingerprint density at radius 1 is 1.35 bits per heavy atom. The molecule has 1 aromatic heterocycles. The molecule has 0 spiro atoms. The smallest absolute Gasteiger partial charge is 0.191 e. The summed E-state index contributed by atoms with van der Waals surface area (Å²) in [6.07, 6.45) is 0.585. The topological polar surface area (TPSA) is 49.3 Å². The number of benzene rings is 1. The fourth-order valence-electron chi connectivity index (χ4n) is 2.05. The normalized spacial score (nSPS) is 11.6. The Morgan fingerprint density at radius 2 is 2.13 bits per heavy atom. The van der Waals surface area contributed by atoms with Gasteiger partial charge in [-0.05, 0) is 44.0 Å². The lowest BCUT2D eigenvalue weighted by atomic mass is 10.1. The van der Waals surface area contributed by atoms with Crippen molar-refractivity contribution in [2.24, 2.45) is 4.99 Å². The van der Waals surface area contributed by atoms with E-state index in [1.807, 2.05) is 6.92 Å². The highest BCUT2D eigenvalue weighted by molar-refractivity contribution is 9.10. The van der Waals surface area contributed by atoms with Crippen LogP contribution in [0.3, 0.4) is 0 Å². The number of rotatable bonds is 5. The molecule has 1 heterocycles. The molecule has 124 valence electrons. The lowest BCUT2D eigenvalue weighted by Gasteiger charge is -2.11. The molecule has 0 atom stereocenters. The van der Waals surface area contributed by atoms with Gasteiger partial charge in [0, 0.05) is 22.9 Å². The van der Waals surface area contributed by atoms with E-state index >= 15 is 0 Å². The SMILES string of the molecule is CN=C(NCCc1cc(Br)ccc1F)NCc1nc(C)c(C)s1. The Hall–Kier alpha value is -1.47. The van der Waals surface area contributed by atoms with E-state index in [1.165, 1.54) is 10.9 Å². The second-order valence-corrected chi connectivity index (χ2v) is 7.29. The quantitative estimate of drug-likeness (QED) is 0.597. The molecule has 0 bridgehead atoms. The number of nitrogens with one attached hydrogen (secondary N) is 2. The zero-order chi connectivity index (χ0) is 16.8. The van der Waals surface area contributed by atoms with E-state index < -0.39 is 0 Å². The van der Waals surface area contributed by atoms with Crippen molar-refractivity contribution in [3.05, 3.63) is 49.6 Å². The minimum atomic E-state index is -0.188. The van der Waals surface area contributed by atoms with Crippen LogP contribution in [-0.4, -0.2) is 24.5 Å². The first kappa shape index (κ1) is 17.9. The van der Waals surface area contributed by atoms with E-state index in [4.69, 9.17) is 0 Å². The standard InChI is InChI=1S/C16H20BrFN4S/c1-10-11(2)23-15(22-10)9-21-16(19-3)20-7-6-12-8-13(17)4-5-14(12)18/h4-5,8H,6-7,9H2,1-3H3,(H2,19,20,21). The summed E-state index contributed by atoms with van der Waals surface area (Å²) in [6, 6.07) is 4.97. The predicted octanol–water partition coefficient (Wildman–Crippen LogP) is 3.57. The van der Waals surface area contributed by atoms with Crippen molar-refractivity contribution in [1.29, 1.82) is 0 Å². The van der Waals surface area contributed by atoms with E-state index in [-0.39, 0.29) is 5.82 Å². The molecule has 4 nitrogen and oxygen atoms in total. The zero-order valence-electron chi connectivity index (χ0n) is 13.4. The van der Waals surface area contributed by atoms with Crippen LogP contribution in [0.15, 0.2) is 27.7 Å². The summed E-state index contributed by atoms with van der Waals surface area (Å²) in [5.41, 5.74) is 1.74. The number of aliphatic imine (C=N–C) groups is 1. The molecule has 7 heteroatoms. The van der Waals surface area contributed by atoms with Gasteiger partial charge in [-0.15, -0.1) is 11.3 Å². The Kier molecular flexibility index (Phi) is 6.53. The van der Waals surface area contributed by atoms with Crippen molar-refractivity contribution in [1.82, 2.24) is 15.6 Å². The minimum Gasteiger partial charge on any atom is -0.356 e. The summed E-state index contributed by atoms with van der Waals surface area (Å²) >= 11 is 5.04. The minimum absolute atomic E-state index is 0.188. The third-order valence-electron chi connectivity index (χ3n) is 3.40. The van der Waals surface area contributed by atoms with E-state index in [0.717, 1.165) is 15.2 Å². The van der Waals surface area contributed by atoms with E-state index in [9.17, 15) is 4.39 Å². The molecule has 0 radical (unpaired) electrons. The lowest BCUT2D eigenvalue weighted by molar-refractivity contribution is 0.606. The second kappa shape index (κ2) is 8.40. The van der Waals surface area contributed by atoms with Crippen LogP contribution in [0.4, 0.5) is 4.39 Å². The number of thiazole rings is 1. The maximum absolute atomic E-state index is 13.7. The monoisotopic (exact) mass is 398 g/mol. The Morgan fingerprint density at radius 3 is 2.78 bits per heavy atom. The molecule has 2 aromatic rings. The highest BCUT2D eigenvalue weighted by Crippen LogP contribution is 2.16. The molecule has 2 N–H and O–H groups in total. The van der Waals surface area contributed by atoms with Crippen LogP contribution >= 0.6 is 27.3 Å². The Balaban J connectivity index is 1.82.